The number of amides is 1. The lowest BCUT2D eigenvalue weighted by Gasteiger charge is -2.12. The third-order valence-electron chi connectivity index (χ3n) is 4.19. The predicted octanol–water partition coefficient (Wildman–Crippen LogP) is 5.55. The van der Waals surface area contributed by atoms with Gasteiger partial charge in [0, 0.05) is 10.0 Å². The first-order chi connectivity index (χ1) is 14.3. The fraction of sp³-hybridized carbons (Fsp3) is 0.182. The number of thiocarbonyl (C=S) groups is 1. The SMILES string of the molecule is Cc1cc(C)c(OCC(=O)NC(=S)NCc2ccc(-c3ccc(Br)cc3)o2)c(Cl)c1. The molecule has 0 unspecified atom stereocenters. The van der Waals surface area contributed by atoms with E-state index in [0.717, 1.165) is 26.9 Å². The molecule has 2 N–H and O–H groups in total. The summed E-state index contributed by atoms with van der Waals surface area (Å²) in [6.07, 6.45) is 0. The Morgan fingerprint density at radius 2 is 1.90 bits per heavy atom. The van der Waals surface area contributed by atoms with Crippen LogP contribution >= 0.6 is 39.7 Å². The number of halogens is 2. The molecule has 30 heavy (non-hydrogen) atoms. The van der Waals surface area contributed by atoms with E-state index >= 15 is 0 Å². The molecule has 3 rings (SSSR count). The number of hydrogen-bond donors (Lipinski definition) is 2. The van der Waals surface area contributed by atoms with E-state index in [1.54, 1.807) is 6.07 Å². The van der Waals surface area contributed by atoms with Crippen LogP contribution in [0.25, 0.3) is 11.3 Å². The first-order valence-corrected chi connectivity index (χ1v) is 10.7. The highest BCUT2D eigenvalue weighted by molar-refractivity contribution is 9.10. The molecule has 0 aliphatic carbocycles. The molecule has 5 nitrogen and oxygen atoms in total. The third kappa shape index (κ3) is 6.08. The fourth-order valence-corrected chi connectivity index (χ4v) is 3.67. The zero-order chi connectivity index (χ0) is 21.7. The van der Waals surface area contributed by atoms with Crippen LogP contribution in [0.3, 0.4) is 0 Å². The molecule has 8 heteroatoms. The van der Waals surface area contributed by atoms with E-state index in [1.807, 2.05) is 56.3 Å². The summed E-state index contributed by atoms with van der Waals surface area (Å²) in [6, 6.07) is 15.3. The molecule has 0 atom stereocenters. The van der Waals surface area contributed by atoms with Crippen molar-refractivity contribution >= 4 is 50.8 Å². The third-order valence-corrected chi connectivity index (χ3v) is 5.24. The second-order valence-corrected chi connectivity index (χ2v) is 8.42. The molecule has 1 heterocycles. The van der Waals surface area contributed by atoms with E-state index in [2.05, 4.69) is 26.6 Å². The van der Waals surface area contributed by atoms with Gasteiger partial charge >= 0.3 is 0 Å². The molecule has 0 aliphatic rings. The van der Waals surface area contributed by atoms with Gasteiger partial charge in [-0.3, -0.25) is 4.79 Å². The van der Waals surface area contributed by atoms with Crippen LogP contribution < -0.4 is 15.4 Å². The van der Waals surface area contributed by atoms with Gasteiger partial charge in [-0.25, -0.2) is 0 Å². The minimum Gasteiger partial charge on any atom is -0.482 e. The molecule has 2 aromatic carbocycles. The molecule has 0 fully saturated rings. The monoisotopic (exact) mass is 506 g/mol. The van der Waals surface area contributed by atoms with Crippen LogP contribution in [-0.4, -0.2) is 17.6 Å². The topological polar surface area (TPSA) is 63.5 Å². The summed E-state index contributed by atoms with van der Waals surface area (Å²) in [5.41, 5.74) is 2.87. The normalized spacial score (nSPS) is 10.5. The lowest BCUT2D eigenvalue weighted by atomic mass is 10.1. The average molecular weight is 508 g/mol. The highest BCUT2D eigenvalue weighted by Gasteiger charge is 2.11. The van der Waals surface area contributed by atoms with Gasteiger partial charge in [-0.1, -0.05) is 45.7 Å². The van der Waals surface area contributed by atoms with Crippen LogP contribution in [0.5, 0.6) is 5.75 Å². The smallest absolute Gasteiger partial charge is 0.264 e. The Morgan fingerprint density at radius 3 is 2.60 bits per heavy atom. The highest BCUT2D eigenvalue weighted by atomic mass is 79.9. The Kier molecular flexibility index (Phi) is 7.53. The van der Waals surface area contributed by atoms with E-state index in [4.69, 9.17) is 33.0 Å². The molecule has 0 spiro atoms. The quantitative estimate of drug-likeness (QED) is 0.428. The molecule has 156 valence electrons. The molecule has 3 aromatic rings. The van der Waals surface area contributed by atoms with Crippen molar-refractivity contribution in [2.45, 2.75) is 20.4 Å². The number of aryl methyl sites for hydroxylation is 2. The van der Waals surface area contributed by atoms with Crippen molar-refractivity contribution in [2.24, 2.45) is 0 Å². The number of hydrogen-bond acceptors (Lipinski definition) is 4. The van der Waals surface area contributed by atoms with Gasteiger partial charge in [0.25, 0.3) is 5.91 Å². The Hall–Kier alpha value is -2.35. The summed E-state index contributed by atoms with van der Waals surface area (Å²) in [5, 5.41) is 6.19. The highest BCUT2D eigenvalue weighted by Crippen LogP contribution is 2.29. The summed E-state index contributed by atoms with van der Waals surface area (Å²) in [5.74, 6) is 1.57. The molecule has 0 radical (unpaired) electrons. The van der Waals surface area contributed by atoms with Crippen LogP contribution in [0.1, 0.15) is 16.9 Å². The van der Waals surface area contributed by atoms with Gasteiger partial charge in [0.15, 0.2) is 11.7 Å². The van der Waals surface area contributed by atoms with Crippen molar-refractivity contribution in [1.29, 1.82) is 0 Å². The van der Waals surface area contributed by atoms with Gasteiger partial charge in [0.05, 0.1) is 11.6 Å². The molecular formula is C22H20BrClN2O3S. The number of carbonyl (C=O) groups is 1. The van der Waals surface area contributed by atoms with Crippen molar-refractivity contribution in [2.75, 3.05) is 6.61 Å². The Balaban J connectivity index is 1.47. The Bertz CT molecular complexity index is 1040. The summed E-state index contributed by atoms with van der Waals surface area (Å²) in [6.45, 7) is 3.98. The van der Waals surface area contributed by atoms with Crippen molar-refractivity contribution in [1.82, 2.24) is 10.6 Å². The minimum atomic E-state index is -0.376. The van der Waals surface area contributed by atoms with Gasteiger partial charge < -0.3 is 19.8 Å². The van der Waals surface area contributed by atoms with Crippen molar-refractivity contribution in [3.8, 4) is 17.1 Å². The largest absolute Gasteiger partial charge is 0.482 e. The standard InChI is InChI=1S/C22H20BrClN2O3S/c1-13-9-14(2)21(18(24)10-13)28-12-20(27)26-22(30)25-11-17-7-8-19(29-17)15-3-5-16(23)6-4-15/h3-10H,11-12H2,1-2H3,(H2,25,26,27,30). The maximum atomic E-state index is 12.1. The van der Waals surface area contributed by atoms with E-state index in [-0.39, 0.29) is 17.6 Å². The predicted molar refractivity (Wildman–Crippen MR) is 126 cm³/mol. The summed E-state index contributed by atoms with van der Waals surface area (Å²) in [7, 11) is 0. The number of carbonyl (C=O) groups excluding carboxylic acids is 1. The van der Waals surface area contributed by atoms with Crippen molar-refractivity contribution in [3.63, 3.8) is 0 Å². The van der Waals surface area contributed by atoms with Gasteiger partial charge in [0.1, 0.15) is 17.3 Å². The van der Waals surface area contributed by atoms with Crippen molar-refractivity contribution < 1.29 is 13.9 Å². The molecule has 1 amide bonds. The number of rotatable bonds is 6. The Labute approximate surface area is 193 Å². The molecular weight excluding hydrogens is 488 g/mol. The van der Waals surface area contributed by atoms with Crippen LogP contribution in [-0.2, 0) is 11.3 Å². The van der Waals surface area contributed by atoms with E-state index < -0.39 is 0 Å². The number of benzene rings is 2. The van der Waals surface area contributed by atoms with Gasteiger partial charge in [0.2, 0.25) is 0 Å². The van der Waals surface area contributed by atoms with E-state index in [9.17, 15) is 4.79 Å². The van der Waals surface area contributed by atoms with Crippen LogP contribution in [0, 0.1) is 13.8 Å². The zero-order valence-corrected chi connectivity index (χ0v) is 19.6. The summed E-state index contributed by atoms with van der Waals surface area (Å²) < 4.78 is 12.4. The first kappa shape index (κ1) is 22.3. The van der Waals surface area contributed by atoms with E-state index in [0.29, 0.717) is 23.1 Å². The lowest BCUT2D eigenvalue weighted by molar-refractivity contribution is -0.121. The number of ether oxygens (including phenoxy) is 1. The Morgan fingerprint density at radius 1 is 1.17 bits per heavy atom. The first-order valence-electron chi connectivity index (χ1n) is 9.13. The molecule has 1 aromatic heterocycles. The minimum absolute atomic E-state index is 0.192. The fourth-order valence-electron chi connectivity index (χ4n) is 2.84. The number of nitrogens with one attached hydrogen (secondary N) is 2. The van der Waals surface area contributed by atoms with Crippen LogP contribution in [0.4, 0.5) is 0 Å². The number of furan rings is 1. The van der Waals surface area contributed by atoms with Gasteiger partial charge in [-0.15, -0.1) is 0 Å². The second-order valence-electron chi connectivity index (χ2n) is 6.69. The maximum absolute atomic E-state index is 12.1. The second kappa shape index (κ2) is 10.1. The molecule has 0 bridgehead atoms. The van der Waals surface area contributed by atoms with Crippen LogP contribution in [0.2, 0.25) is 5.02 Å². The van der Waals surface area contributed by atoms with Crippen molar-refractivity contribution in [3.05, 3.63) is 74.9 Å². The van der Waals surface area contributed by atoms with Gasteiger partial charge in [-0.05, 0) is 67.5 Å². The molecule has 0 aliphatic heterocycles. The van der Waals surface area contributed by atoms with E-state index in [1.165, 1.54) is 0 Å². The lowest BCUT2D eigenvalue weighted by Crippen LogP contribution is -2.41. The maximum Gasteiger partial charge on any atom is 0.264 e. The average Bonchev–Trinajstić information content (AvgIpc) is 3.15. The zero-order valence-electron chi connectivity index (χ0n) is 16.4. The van der Waals surface area contributed by atoms with Crippen LogP contribution in [0.15, 0.2) is 57.4 Å². The summed E-state index contributed by atoms with van der Waals surface area (Å²) >= 11 is 14.8. The molecule has 0 saturated carbocycles. The summed E-state index contributed by atoms with van der Waals surface area (Å²) in [4.78, 5) is 12.1. The van der Waals surface area contributed by atoms with Gasteiger partial charge in [-0.2, -0.15) is 0 Å². The molecule has 0 saturated heterocycles.